The lowest BCUT2D eigenvalue weighted by atomic mass is 10.0. The van der Waals surface area contributed by atoms with E-state index in [1.807, 2.05) is 24.3 Å². The lowest BCUT2D eigenvalue weighted by Gasteiger charge is -2.32. The van der Waals surface area contributed by atoms with Crippen LogP contribution in [0.15, 0.2) is 29.4 Å². The van der Waals surface area contributed by atoms with Gasteiger partial charge in [-0.2, -0.15) is 0 Å². The highest BCUT2D eigenvalue weighted by atomic mass is 16.4. The molecule has 1 aromatic rings. The molecule has 0 spiro atoms. The van der Waals surface area contributed by atoms with E-state index in [0.29, 0.717) is 0 Å². The quantitative estimate of drug-likeness (QED) is 0.312. The second kappa shape index (κ2) is 6.54. The molecule has 0 heterocycles. The minimum Gasteiger partial charge on any atom is -0.409 e. The molecule has 5 nitrogen and oxygen atoms in total. The fourth-order valence-corrected chi connectivity index (χ4v) is 1.57. The number of nitrogens with one attached hydrogen (secondary N) is 1. The Labute approximate surface area is 115 Å². The summed E-state index contributed by atoms with van der Waals surface area (Å²) in [6, 6.07) is 7.66. The predicted molar refractivity (Wildman–Crippen MR) is 78.4 cm³/mol. The Bertz CT molecular complexity index is 441. The molecule has 0 atom stereocenters. The van der Waals surface area contributed by atoms with Crippen LogP contribution in [0.4, 0.5) is 0 Å². The molecule has 1 rings (SSSR count). The van der Waals surface area contributed by atoms with Gasteiger partial charge in [0.1, 0.15) is 0 Å². The summed E-state index contributed by atoms with van der Waals surface area (Å²) in [5.74, 6) is 0.135. The Morgan fingerprint density at radius 1 is 1.42 bits per heavy atom. The van der Waals surface area contributed by atoms with Gasteiger partial charge in [-0.3, -0.25) is 0 Å². The maximum atomic E-state index is 8.66. The van der Waals surface area contributed by atoms with Crippen molar-refractivity contribution in [2.75, 3.05) is 20.6 Å². The number of benzene rings is 1. The number of hydrogen-bond donors (Lipinski definition) is 3. The van der Waals surface area contributed by atoms with E-state index in [0.717, 1.165) is 24.2 Å². The van der Waals surface area contributed by atoms with Crippen LogP contribution in [0.2, 0.25) is 0 Å². The summed E-state index contributed by atoms with van der Waals surface area (Å²) < 4.78 is 0. The molecule has 0 saturated carbocycles. The lowest BCUT2D eigenvalue weighted by molar-refractivity contribution is 0.190. The predicted octanol–water partition coefficient (Wildman–Crippen LogP) is 1.21. The fourth-order valence-electron chi connectivity index (χ4n) is 1.57. The van der Waals surface area contributed by atoms with Crippen molar-refractivity contribution in [3.05, 3.63) is 35.4 Å². The van der Waals surface area contributed by atoms with Gasteiger partial charge < -0.3 is 21.2 Å². The van der Waals surface area contributed by atoms with Crippen LogP contribution in [0.25, 0.3) is 0 Å². The molecule has 19 heavy (non-hydrogen) atoms. The van der Waals surface area contributed by atoms with Crippen molar-refractivity contribution in [2.45, 2.75) is 25.9 Å². The van der Waals surface area contributed by atoms with Crippen molar-refractivity contribution in [1.82, 2.24) is 10.2 Å². The average Bonchev–Trinajstić information content (AvgIpc) is 2.37. The highest BCUT2D eigenvalue weighted by molar-refractivity contribution is 5.97. The second-order valence-electron chi connectivity index (χ2n) is 5.50. The van der Waals surface area contributed by atoms with Gasteiger partial charge in [-0.05, 0) is 39.6 Å². The molecule has 0 aliphatic rings. The number of oxime groups is 1. The zero-order chi connectivity index (χ0) is 14.5. The van der Waals surface area contributed by atoms with Gasteiger partial charge in [-0.15, -0.1) is 0 Å². The van der Waals surface area contributed by atoms with E-state index in [4.69, 9.17) is 10.9 Å². The van der Waals surface area contributed by atoms with Gasteiger partial charge in [0.05, 0.1) is 0 Å². The van der Waals surface area contributed by atoms with E-state index in [2.05, 4.69) is 43.3 Å². The molecular formula is C14H24N4O. The van der Waals surface area contributed by atoms with Gasteiger partial charge in [0.2, 0.25) is 0 Å². The monoisotopic (exact) mass is 264 g/mol. The Hall–Kier alpha value is -1.59. The lowest BCUT2D eigenvalue weighted by Crippen LogP contribution is -2.46. The molecule has 0 radical (unpaired) electrons. The molecule has 0 unspecified atom stereocenters. The first kappa shape index (κ1) is 15.5. The molecule has 0 aliphatic carbocycles. The molecule has 0 aromatic heterocycles. The number of likely N-dealkylation sites (N-methyl/N-ethyl adjacent to an activating group) is 1. The standard InChI is InChI=1S/C14H24N4O/c1-14(2,18(3)4)10-16-9-11-6-5-7-12(8-11)13(15)17-19/h5-8,16,19H,9-10H2,1-4H3,(H2,15,17). The molecule has 0 saturated heterocycles. The van der Waals surface area contributed by atoms with Crippen molar-refractivity contribution >= 4 is 5.84 Å². The highest BCUT2D eigenvalue weighted by Gasteiger charge is 2.19. The second-order valence-corrected chi connectivity index (χ2v) is 5.50. The minimum atomic E-state index is 0.100. The van der Waals surface area contributed by atoms with Crippen LogP contribution >= 0.6 is 0 Å². The van der Waals surface area contributed by atoms with Crippen molar-refractivity contribution in [3.8, 4) is 0 Å². The summed E-state index contributed by atoms with van der Waals surface area (Å²) in [5, 5.41) is 15.1. The van der Waals surface area contributed by atoms with Crippen LogP contribution in [0.5, 0.6) is 0 Å². The zero-order valence-corrected chi connectivity index (χ0v) is 12.1. The van der Waals surface area contributed by atoms with Gasteiger partial charge in [-0.1, -0.05) is 23.4 Å². The van der Waals surface area contributed by atoms with Gasteiger partial charge in [0.15, 0.2) is 5.84 Å². The Balaban J connectivity index is 2.60. The molecule has 0 fully saturated rings. The Kier molecular flexibility index (Phi) is 5.32. The van der Waals surface area contributed by atoms with E-state index in [9.17, 15) is 0 Å². The first-order valence-electron chi connectivity index (χ1n) is 6.32. The van der Waals surface area contributed by atoms with E-state index < -0.39 is 0 Å². The first-order valence-corrected chi connectivity index (χ1v) is 6.32. The fraction of sp³-hybridized carbons (Fsp3) is 0.500. The SMILES string of the molecule is CN(C)C(C)(C)CNCc1cccc(C(N)=NO)c1. The summed E-state index contributed by atoms with van der Waals surface area (Å²) >= 11 is 0. The third kappa shape index (κ3) is 4.54. The highest BCUT2D eigenvalue weighted by Crippen LogP contribution is 2.09. The van der Waals surface area contributed by atoms with Gasteiger partial charge >= 0.3 is 0 Å². The smallest absolute Gasteiger partial charge is 0.170 e. The van der Waals surface area contributed by atoms with E-state index >= 15 is 0 Å². The Morgan fingerprint density at radius 3 is 2.68 bits per heavy atom. The zero-order valence-electron chi connectivity index (χ0n) is 12.1. The molecule has 0 aliphatic heterocycles. The van der Waals surface area contributed by atoms with Crippen LogP contribution in [-0.2, 0) is 6.54 Å². The summed E-state index contributed by atoms with van der Waals surface area (Å²) in [6.07, 6.45) is 0. The molecular weight excluding hydrogens is 240 g/mol. The van der Waals surface area contributed by atoms with Crippen molar-refractivity contribution in [2.24, 2.45) is 10.9 Å². The molecule has 106 valence electrons. The molecule has 0 bridgehead atoms. The summed E-state index contributed by atoms with van der Waals surface area (Å²) in [4.78, 5) is 2.19. The number of nitrogens with zero attached hydrogens (tertiary/aromatic N) is 2. The topological polar surface area (TPSA) is 73.9 Å². The number of amidine groups is 1. The largest absolute Gasteiger partial charge is 0.409 e. The van der Waals surface area contributed by atoms with Crippen LogP contribution in [0, 0.1) is 0 Å². The maximum Gasteiger partial charge on any atom is 0.170 e. The van der Waals surface area contributed by atoms with Crippen LogP contribution in [-0.4, -0.2) is 42.1 Å². The van der Waals surface area contributed by atoms with Crippen LogP contribution in [0.1, 0.15) is 25.0 Å². The third-order valence-electron chi connectivity index (χ3n) is 3.43. The maximum absolute atomic E-state index is 8.66. The summed E-state index contributed by atoms with van der Waals surface area (Å²) in [6.45, 7) is 6.01. The Morgan fingerprint density at radius 2 is 2.11 bits per heavy atom. The van der Waals surface area contributed by atoms with Gasteiger partial charge in [-0.25, -0.2) is 0 Å². The molecule has 4 N–H and O–H groups in total. The summed E-state index contributed by atoms with van der Waals surface area (Å²) in [5.41, 5.74) is 7.51. The van der Waals surface area contributed by atoms with Gasteiger partial charge in [0.25, 0.3) is 0 Å². The average molecular weight is 264 g/mol. The minimum absolute atomic E-state index is 0.100. The van der Waals surface area contributed by atoms with Gasteiger partial charge in [0, 0.05) is 24.2 Å². The molecule has 5 heteroatoms. The number of rotatable bonds is 6. The number of hydrogen-bond acceptors (Lipinski definition) is 4. The summed E-state index contributed by atoms with van der Waals surface area (Å²) in [7, 11) is 4.14. The molecule has 0 amide bonds. The van der Waals surface area contributed by atoms with Crippen LogP contribution in [0.3, 0.4) is 0 Å². The number of nitrogens with two attached hydrogens (primary N) is 1. The van der Waals surface area contributed by atoms with Crippen molar-refractivity contribution < 1.29 is 5.21 Å². The normalized spacial score (nSPS) is 13.0. The third-order valence-corrected chi connectivity index (χ3v) is 3.43. The van der Waals surface area contributed by atoms with Crippen molar-refractivity contribution in [1.29, 1.82) is 0 Å². The first-order chi connectivity index (χ1) is 8.86. The van der Waals surface area contributed by atoms with Crippen molar-refractivity contribution in [3.63, 3.8) is 0 Å². The molecule has 1 aromatic carbocycles. The van der Waals surface area contributed by atoms with Crippen LogP contribution < -0.4 is 11.1 Å². The van der Waals surface area contributed by atoms with E-state index in [1.54, 1.807) is 0 Å². The van der Waals surface area contributed by atoms with E-state index in [-0.39, 0.29) is 11.4 Å². The van der Waals surface area contributed by atoms with E-state index in [1.165, 1.54) is 0 Å².